The van der Waals surface area contributed by atoms with Crippen molar-refractivity contribution in [1.29, 1.82) is 5.26 Å². The number of hydrogen-bond acceptors (Lipinski definition) is 3. The van der Waals surface area contributed by atoms with E-state index in [1.54, 1.807) is 18.2 Å². The average molecular weight is 380 g/mol. The van der Waals surface area contributed by atoms with E-state index in [1.165, 1.54) is 7.11 Å². The normalized spacial score (nSPS) is 11.3. The molecule has 3 aromatic carbocycles. The van der Waals surface area contributed by atoms with Gasteiger partial charge < -0.3 is 9.84 Å². The average Bonchev–Trinajstić information content (AvgIpc) is 2.62. The van der Waals surface area contributed by atoms with Gasteiger partial charge in [-0.25, -0.2) is 0 Å². The molecule has 3 aromatic rings. The van der Waals surface area contributed by atoms with Gasteiger partial charge in [0.25, 0.3) is 0 Å². The van der Waals surface area contributed by atoms with Crippen LogP contribution in [0.1, 0.15) is 11.1 Å². The molecule has 0 heterocycles. The van der Waals surface area contributed by atoms with Crippen LogP contribution in [0.4, 0.5) is 0 Å². The number of fused-ring (bicyclic) bond motifs is 1. The summed E-state index contributed by atoms with van der Waals surface area (Å²) in [4.78, 5) is 0. The number of ether oxygens (including phenoxy) is 1. The second-order valence-electron chi connectivity index (χ2n) is 5.25. The first kappa shape index (κ1) is 16.1. The predicted molar refractivity (Wildman–Crippen MR) is 99.8 cm³/mol. The molecule has 1 N–H and O–H groups in total. The number of phenolic OH excluding ortho intramolecular Hbond substituents is 1. The lowest BCUT2D eigenvalue weighted by Gasteiger charge is -2.08. The van der Waals surface area contributed by atoms with Gasteiger partial charge in [-0.15, -0.1) is 0 Å². The van der Waals surface area contributed by atoms with Gasteiger partial charge in [-0.05, 0) is 50.5 Å². The maximum absolute atomic E-state index is 9.91. The zero-order chi connectivity index (χ0) is 17.1. The van der Waals surface area contributed by atoms with Gasteiger partial charge in [0.05, 0.1) is 23.2 Å². The van der Waals surface area contributed by atoms with Gasteiger partial charge in [0, 0.05) is 5.56 Å². The van der Waals surface area contributed by atoms with Gasteiger partial charge in [-0.1, -0.05) is 42.5 Å². The smallest absolute Gasteiger partial charge is 0.172 e. The number of nitriles is 1. The highest BCUT2D eigenvalue weighted by Gasteiger charge is 2.10. The van der Waals surface area contributed by atoms with E-state index in [4.69, 9.17) is 4.74 Å². The summed E-state index contributed by atoms with van der Waals surface area (Å²) in [5, 5.41) is 21.7. The first-order chi connectivity index (χ1) is 11.6. The van der Waals surface area contributed by atoms with Crippen LogP contribution in [0.25, 0.3) is 22.4 Å². The number of rotatable bonds is 3. The summed E-state index contributed by atoms with van der Waals surface area (Å²) in [5.41, 5.74) is 2.19. The Morgan fingerprint density at radius 2 is 1.92 bits per heavy atom. The van der Waals surface area contributed by atoms with Crippen molar-refractivity contribution in [3.8, 4) is 17.6 Å². The van der Waals surface area contributed by atoms with Crippen molar-refractivity contribution in [1.82, 2.24) is 0 Å². The standard InChI is InChI=1S/C20H14BrNO2/c1-24-19-11-13(10-18(21)20(19)23)9-15(12-22)17-8-4-6-14-5-2-3-7-16(14)17/h2-11,23H,1H3/b15-9-. The molecule has 3 nitrogen and oxygen atoms in total. The van der Waals surface area contributed by atoms with Gasteiger partial charge in [0.2, 0.25) is 0 Å². The first-order valence-corrected chi connectivity index (χ1v) is 8.09. The molecular formula is C20H14BrNO2. The lowest BCUT2D eigenvalue weighted by Crippen LogP contribution is -1.88. The molecule has 0 aliphatic carbocycles. The van der Waals surface area contributed by atoms with Gasteiger partial charge >= 0.3 is 0 Å². The second kappa shape index (κ2) is 6.77. The van der Waals surface area contributed by atoms with Crippen LogP contribution in [0.3, 0.4) is 0 Å². The van der Waals surface area contributed by atoms with Crippen molar-refractivity contribution in [2.45, 2.75) is 0 Å². The molecule has 0 aliphatic rings. The minimum atomic E-state index is 0.0401. The fraction of sp³-hybridized carbons (Fsp3) is 0.0500. The molecule has 0 amide bonds. The maximum Gasteiger partial charge on any atom is 0.172 e. The van der Waals surface area contributed by atoms with Gasteiger partial charge in [-0.2, -0.15) is 5.26 Å². The molecule has 0 radical (unpaired) electrons. The Bertz CT molecular complexity index is 981. The monoisotopic (exact) mass is 379 g/mol. The number of aromatic hydroxyl groups is 1. The number of benzene rings is 3. The van der Waals surface area contributed by atoms with E-state index >= 15 is 0 Å². The lowest BCUT2D eigenvalue weighted by atomic mass is 9.97. The highest BCUT2D eigenvalue weighted by atomic mass is 79.9. The topological polar surface area (TPSA) is 53.2 Å². The predicted octanol–water partition coefficient (Wildman–Crippen LogP) is 5.38. The fourth-order valence-electron chi connectivity index (χ4n) is 2.63. The summed E-state index contributed by atoms with van der Waals surface area (Å²) < 4.78 is 5.68. The van der Waals surface area contributed by atoms with Crippen LogP contribution in [-0.4, -0.2) is 12.2 Å². The Morgan fingerprint density at radius 1 is 1.17 bits per heavy atom. The van der Waals surface area contributed by atoms with Crippen molar-refractivity contribution < 1.29 is 9.84 Å². The third-order valence-corrected chi connectivity index (χ3v) is 4.39. The molecule has 0 aromatic heterocycles. The second-order valence-corrected chi connectivity index (χ2v) is 6.10. The molecule has 0 saturated heterocycles. The van der Waals surface area contributed by atoms with Crippen molar-refractivity contribution >= 4 is 38.4 Å². The summed E-state index contributed by atoms with van der Waals surface area (Å²) in [6.45, 7) is 0. The summed E-state index contributed by atoms with van der Waals surface area (Å²) in [6.07, 6.45) is 1.79. The molecule has 4 heteroatoms. The maximum atomic E-state index is 9.91. The van der Waals surface area contributed by atoms with Crippen molar-refractivity contribution in [2.75, 3.05) is 7.11 Å². The van der Waals surface area contributed by atoms with E-state index in [1.807, 2.05) is 42.5 Å². The summed E-state index contributed by atoms with van der Waals surface area (Å²) >= 11 is 3.30. The highest BCUT2D eigenvalue weighted by Crippen LogP contribution is 2.36. The molecule has 3 rings (SSSR count). The van der Waals surface area contributed by atoms with Crippen LogP contribution in [-0.2, 0) is 0 Å². The SMILES string of the molecule is COc1cc(/C=C(/C#N)c2cccc3ccccc23)cc(Br)c1O. The Balaban J connectivity index is 2.17. The highest BCUT2D eigenvalue weighted by molar-refractivity contribution is 9.10. The number of phenols is 1. The minimum Gasteiger partial charge on any atom is -0.503 e. The first-order valence-electron chi connectivity index (χ1n) is 7.30. The van der Waals surface area contributed by atoms with Crippen LogP contribution < -0.4 is 4.74 Å². The minimum absolute atomic E-state index is 0.0401. The Labute approximate surface area is 148 Å². The molecule has 24 heavy (non-hydrogen) atoms. The van der Waals surface area contributed by atoms with E-state index in [0.29, 0.717) is 15.8 Å². The van der Waals surface area contributed by atoms with E-state index in [2.05, 4.69) is 22.0 Å². The third kappa shape index (κ3) is 2.99. The van der Waals surface area contributed by atoms with Crippen molar-refractivity contribution in [3.63, 3.8) is 0 Å². The molecule has 118 valence electrons. The number of nitrogens with zero attached hydrogens (tertiary/aromatic N) is 1. The zero-order valence-electron chi connectivity index (χ0n) is 13.0. The van der Waals surface area contributed by atoms with Crippen LogP contribution in [0.5, 0.6) is 11.5 Å². The number of methoxy groups -OCH3 is 1. The summed E-state index contributed by atoms with van der Waals surface area (Å²) in [6, 6.07) is 19.6. The van der Waals surface area contributed by atoms with Crippen molar-refractivity contribution in [2.24, 2.45) is 0 Å². The molecule has 0 bridgehead atoms. The van der Waals surface area contributed by atoms with E-state index < -0.39 is 0 Å². The molecule has 0 atom stereocenters. The van der Waals surface area contributed by atoms with Crippen molar-refractivity contribution in [3.05, 3.63) is 70.2 Å². The van der Waals surface area contributed by atoms with E-state index in [9.17, 15) is 10.4 Å². The third-order valence-electron chi connectivity index (χ3n) is 3.78. The molecule has 0 fully saturated rings. The molecular weight excluding hydrogens is 366 g/mol. The number of hydrogen-bond donors (Lipinski definition) is 1. The van der Waals surface area contributed by atoms with Gasteiger partial charge in [0.15, 0.2) is 11.5 Å². The molecule has 0 spiro atoms. The summed E-state index contributed by atoms with van der Waals surface area (Å²) in [7, 11) is 1.49. The zero-order valence-corrected chi connectivity index (χ0v) is 14.5. The Kier molecular flexibility index (Phi) is 4.54. The molecule has 0 saturated carbocycles. The Morgan fingerprint density at radius 3 is 2.67 bits per heavy atom. The number of allylic oxidation sites excluding steroid dienone is 1. The molecule has 0 aliphatic heterocycles. The number of halogens is 1. The van der Waals surface area contributed by atoms with Gasteiger partial charge in [-0.3, -0.25) is 0 Å². The van der Waals surface area contributed by atoms with E-state index in [0.717, 1.165) is 21.9 Å². The quantitative estimate of drug-likeness (QED) is 0.490. The largest absolute Gasteiger partial charge is 0.503 e. The van der Waals surface area contributed by atoms with Crippen LogP contribution in [0.15, 0.2) is 59.1 Å². The Hall–Kier alpha value is -2.77. The van der Waals surface area contributed by atoms with E-state index in [-0.39, 0.29) is 5.75 Å². The van der Waals surface area contributed by atoms with Gasteiger partial charge in [0.1, 0.15) is 0 Å². The fourth-order valence-corrected chi connectivity index (χ4v) is 3.09. The summed E-state index contributed by atoms with van der Waals surface area (Å²) in [5.74, 6) is 0.393. The molecule has 0 unspecified atom stereocenters. The van der Waals surface area contributed by atoms with Crippen LogP contribution in [0, 0.1) is 11.3 Å². The lowest BCUT2D eigenvalue weighted by molar-refractivity contribution is 0.372. The van der Waals surface area contributed by atoms with Crippen LogP contribution >= 0.6 is 15.9 Å². The van der Waals surface area contributed by atoms with Crippen LogP contribution in [0.2, 0.25) is 0 Å².